The van der Waals surface area contributed by atoms with Gasteiger partial charge in [0, 0.05) is 29.2 Å². The highest BCUT2D eigenvalue weighted by atomic mass is 16.5. The summed E-state index contributed by atoms with van der Waals surface area (Å²) in [5, 5.41) is 0. The van der Waals surface area contributed by atoms with Crippen LogP contribution in [0.3, 0.4) is 0 Å². The van der Waals surface area contributed by atoms with Crippen LogP contribution in [0.15, 0.2) is 67.3 Å². The maximum Gasteiger partial charge on any atom is 0.338 e. The number of ether oxygens (including phenoxy) is 1. The molecule has 3 aromatic rings. The number of hydrogen-bond donors (Lipinski definition) is 0. The Hall–Kier alpha value is -3.21. The molecule has 23 heavy (non-hydrogen) atoms. The number of carbonyl (C=O) groups excluding carboxylic acids is 2. The molecule has 5 heteroatoms. The van der Waals surface area contributed by atoms with Crippen LogP contribution >= 0.6 is 0 Å². The second-order valence-electron chi connectivity index (χ2n) is 4.88. The minimum absolute atomic E-state index is 0.219. The summed E-state index contributed by atoms with van der Waals surface area (Å²) in [5.74, 6) is -0.743. The van der Waals surface area contributed by atoms with Gasteiger partial charge in [-0.3, -0.25) is 4.79 Å². The second-order valence-corrected chi connectivity index (χ2v) is 4.88. The number of carbonyl (C=O) groups is 2. The summed E-state index contributed by atoms with van der Waals surface area (Å²) in [6, 6.07) is 13.7. The average molecular weight is 306 g/mol. The molecule has 0 fully saturated rings. The largest absolute Gasteiger partial charge is 0.465 e. The maximum atomic E-state index is 12.7. The van der Waals surface area contributed by atoms with E-state index in [4.69, 9.17) is 4.74 Å². The quantitative estimate of drug-likeness (QED) is 0.549. The topological polar surface area (TPSA) is 61.2 Å². The van der Waals surface area contributed by atoms with Crippen LogP contribution in [0, 0.1) is 0 Å². The molecular formula is C18H14N2O3. The van der Waals surface area contributed by atoms with Crippen molar-refractivity contribution in [2.45, 2.75) is 0 Å². The number of rotatable bonds is 4. The Labute approximate surface area is 133 Å². The SMILES string of the molecule is COC(=O)c1ccccc1C(=O)c1ccc(-n2ccnc2)cc1. The van der Waals surface area contributed by atoms with Gasteiger partial charge in [-0.15, -0.1) is 0 Å². The Morgan fingerprint density at radius 3 is 2.30 bits per heavy atom. The third-order valence-electron chi connectivity index (χ3n) is 3.51. The van der Waals surface area contributed by atoms with Crippen molar-refractivity contribution < 1.29 is 14.3 Å². The lowest BCUT2D eigenvalue weighted by atomic mass is 9.98. The van der Waals surface area contributed by atoms with Gasteiger partial charge in [-0.05, 0) is 30.3 Å². The third-order valence-corrected chi connectivity index (χ3v) is 3.51. The predicted molar refractivity (Wildman–Crippen MR) is 84.8 cm³/mol. The summed E-state index contributed by atoms with van der Waals surface area (Å²) in [4.78, 5) is 28.4. The first-order valence-corrected chi connectivity index (χ1v) is 7.01. The molecule has 0 saturated heterocycles. The van der Waals surface area contributed by atoms with Gasteiger partial charge in [0.2, 0.25) is 0 Å². The molecule has 0 aliphatic rings. The van der Waals surface area contributed by atoms with Gasteiger partial charge < -0.3 is 9.30 Å². The first kappa shape index (κ1) is 14.7. The van der Waals surface area contributed by atoms with Crippen LogP contribution < -0.4 is 0 Å². The highest BCUT2D eigenvalue weighted by Gasteiger charge is 2.18. The lowest BCUT2D eigenvalue weighted by Gasteiger charge is -2.08. The number of imidazole rings is 1. The van der Waals surface area contributed by atoms with Crippen LogP contribution in [0.25, 0.3) is 5.69 Å². The normalized spacial score (nSPS) is 10.3. The number of benzene rings is 2. The Bertz CT molecular complexity index is 837. The molecular weight excluding hydrogens is 292 g/mol. The summed E-state index contributed by atoms with van der Waals surface area (Å²) in [5.41, 5.74) is 2.00. The predicted octanol–water partition coefficient (Wildman–Crippen LogP) is 2.89. The molecule has 0 N–H and O–H groups in total. The molecule has 0 saturated carbocycles. The fourth-order valence-corrected chi connectivity index (χ4v) is 2.32. The van der Waals surface area contributed by atoms with E-state index in [0.29, 0.717) is 11.1 Å². The molecule has 3 rings (SSSR count). The van der Waals surface area contributed by atoms with Crippen molar-refractivity contribution in [3.63, 3.8) is 0 Å². The molecule has 1 heterocycles. The number of esters is 1. The number of hydrogen-bond acceptors (Lipinski definition) is 4. The standard InChI is InChI=1S/C18H14N2O3/c1-23-18(22)16-5-3-2-4-15(16)17(21)13-6-8-14(9-7-13)20-11-10-19-12-20/h2-12H,1H3. The van der Waals surface area contributed by atoms with E-state index in [1.165, 1.54) is 7.11 Å². The lowest BCUT2D eigenvalue weighted by Crippen LogP contribution is -2.11. The van der Waals surface area contributed by atoms with Gasteiger partial charge in [-0.1, -0.05) is 18.2 Å². The van der Waals surface area contributed by atoms with Gasteiger partial charge in [0.25, 0.3) is 0 Å². The Kier molecular flexibility index (Phi) is 4.01. The molecule has 114 valence electrons. The molecule has 2 aromatic carbocycles. The van der Waals surface area contributed by atoms with Crippen molar-refractivity contribution >= 4 is 11.8 Å². The number of nitrogens with zero attached hydrogens (tertiary/aromatic N) is 2. The van der Waals surface area contributed by atoms with Crippen LogP contribution in [0.4, 0.5) is 0 Å². The van der Waals surface area contributed by atoms with E-state index in [9.17, 15) is 9.59 Å². The van der Waals surface area contributed by atoms with Gasteiger partial charge in [0.05, 0.1) is 19.0 Å². The van der Waals surface area contributed by atoms with Crippen molar-refractivity contribution in [2.24, 2.45) is 0 Å². The highest BCUT2D eigenvalue weighted by molar-refractivity contribution is 6.14. The number of ketones is 1. The van der Waals surface area contributed by atoms with Crippen LogP contribution in [0.5, 0.6) is 0 Å². The molecule has 0 bridgehead atoms. The Morgan fingerprint density at radius 1 is 1.00 bits per heavy atom. The first-order chi connectivity index (χ1) is 11.2. The van der Waals surface area contributed by atoms with Gasteiger partial charge >= 0.3 is 5.97 Å². The lowest BCUT2D eigenvalue weighted by molar-refractivity contribution is 0.0597. The average Bonchev–Trinajstić information content (AvgIpc) is 3.15. The molecule has 0 radical (unpaired) electrons. The van der Waals surface area contributed by atoms with Crippen molar-refractivity contribution in [2.75, 3.05) is 7.11 Å². The number of methoxy groups -OCH3 is 1. The molecule has 0 aliphatic heterocycles. The fraction of sp³-hybridized carbons (Fsp3) is 0.0556. The first-order valence-electron chi connectivity index (χ1n) is 7.01. The molecule has 0 spiro atoms. The van der Waals surface area contributed by atoms with Crippen molar-refractivity contribution in [3.8, 4) is 5.69 Å². The van der Waals surface area contributed by atoms with E-state index in [2.05, 4.69) is 4.98 Å². The minimum atomic E-state index is -0.524. The van der Waals surface area contributed by atoms with Gasteiger partial charge in [-0.25, -0.2) is 9.78 Å². The minimum Gasteiger partial charge on any atom is -0.465 e. The van der Waals surface area contributed by atoms with E-state index in [1.807, 2.05) is 22.9 Å². The molecule has 1 aromatic heterocycles. The summed E-state index contributed by atoms with van der Waals surface area (Å²) in [7, 11) is 1.30. The van der Waals surface area contributed by atoms with Crippen LogP contribution in [0.2, 0.25) is 0 Å². The molecule has 5 nitrogen and oxygen atoms in total. The van der Waals surface area contributed by atoms with Gasteiger partial charge in [0.1, 0.15) is 0 Å². The van der Waals surface area contributed by atoms with Gasteiger partial charge in [0.15, 0.2) is 5.78 Å². The zero-order valence-electron chi connectivity index (χ0n) is 12.5. The van der Waals surface area contributed by atoms with Crippen LogP contribution in [0.1, 0.15) is 26.3 Å². The monoisotopic (exact) mass is 306 g/mol. The third kappa shape index (κ3) is 2.89. The summed E-state index contributed by atoms with van der Waals surface area (Å²) < 4.78 is 6.57. The summed E-state index contributed by atoms with van der Waals surface area (Å²) in [6.07, 6.45) is 5.19. The van der Waals surface area contributed by atoms with E-state index >= 15 is 0 Å². The molecule has 0 unspecified atom stereocenters. The van der Waals surface area contributed by atoms with Crippen LogP contribution in [-0.4, -0.2) is 28.4 Å². The van der Waals surface area contributed by atoms with Crippen molar-refractivity contribution in [1.82, 2.24) is 9.55 Å². The fourth-order valence-electron chi connectivity index (χ4n) is 2.32. The van der Waals surface area contributed by atoms with Gasteiger partial charge in [-0.2, -0.15) is 0 Å². The smallest absolute Gasteiger partial charge is 0.338 e. The van der Waals surface area contributed by atoms with Crippen molar-refractivity contribution in [1.29, 1.82) is 0 Å². The van der Waals surface area contributed by atoms with E-state index in [-0.39, 0.29) is 11.3 Å². The summed E-state index contributed by atoms with van der Waals surface area (Å²) in [6.45, 7) is 0. The zero-order chi connectivity index (χ0) is 16.2. The highest BCUT2D eigenvalue weighted by Crippen LogP contribution is 2.17. The van der Waals surface area contributed by atoms with E-state index in [1.54, 1.807) is 48.9 Å². The Morgan fingerprint density at radius 2 is 1.70 bits per heavy atom. The Balaban J connectivity index is 1.94. The number of aromatic nitrogens is 2. The maximum absolute atomic E-state index is 12.7. The van der Waals surface area contributed by atoms with E-state index in [0.717, 1.165) is 5.69 Å². The molecule has 0 aliphatic carbocycles. The second kappa shape index (κ2) is 6.27. The molecule has 0 atom stereocenters. The molecule has 0 amide bonds. The summed E-state index contributed by atoms with van der Waals surface area (Å²) >= 11 is 0. The zero-order valence-corrected chi connectivity index (χ0v) is 12.5. The van der Waals surface area contributed by atoms with E-state index < -0.39 is 5.97 Å². The van der Waals surface area contributed by atoms with Crippen LogP contribution in [-0.2, 0) is 4.74 Å². The van der Waals surface area contributed by atoms with Crippen molar-refractivity contribution in [3.05, 3.63) is 83.9 Å².